The number of benzene rings is 2. The molecular weight excluding hydrogens is 403 g/mol. The first-order valence-electron chi connectivity index (χ1n) is 9.36. The van der Waals surface area contributed by atoms with Crippen molar-refractivity contribution in [3.63, 3.8) is 0 Å². The molecule has 0 amide bonds. The highest BCUT2D eigenvalue weighted by Crippen LogP contribution is 2.35. The van der Waals surface area contributed by atoms with Gasteiger partial charge in [-0.15, -0.1) is 11.3 Å². The molecule has 0 saturated heterocycles. The summed E-state index contributed by atoms with van der Waals surface area (Å²) in [7, 11) is 0. The monoisotopic (exact) mass is 422 g/mol. The van der Waals surface area contributed by atoms with Crippen molar-refractivity contribution in [2.24, 2.45) is 0 Å². The van der Waals surface area contributed by atoms with E-state index in [2.05, 4.69) is 9.97 Å². The van der Waals surface area contributed by atoms with Crippen LogP contribution in [0.2, 0.25) is 0 Å². The van der Waals surface area contributed by atoms with Crippen molar-refractivity contribution in [1.82, 2.24) is 9.97 Å². The van der Waals surface area contributed by atoms with Crippen molar-refractivity contribution < 1.29 is 13.9 Å². The van der Waals surface area contributed by atoms with Gasteiger partial charge >= 0.3 is 5.97 Å². The minimum Gasteiger partial charge on any atom is -0.454 e. The van der Waals surface area contributed by atoms with Crippen LogP contribution >= 0.6 is 11.3 Å². The van der Waals surface area contributed by atoms with Gasteiger partial charge in [-0.3, -0.25) is 4.79 Å². The highest BCUT2D eigenvalue weighted by molar-refractivity contribution is 7.19. The molecule has 0 atom stereocenters. The Bertz CT molecular complexity index is 1320. The van der Waals surface area contributed by atoms with Crippen LogP contribution in [0.3, 0.4) is 0 Å². The largest absolute Gasteiger partial charge is 0.454 e. The van der Waals surface area contributed by atoms with E-state index in [0.717, 1.165) is 27.6 Å². The van der Waals surface area contributed by atoms with E-state index in [-0.39, 0.29) is 23.6 Å². The Morgan fingerprint density at radius 2 is 1.87 bits per heavy atom. The zero-order valence-electron chi connectivity index (χ0n) is 16.7. The van der Waals surface area contributed by atoms with Gasteiger partial charge < -0.3 is 9.72 Å². The first-order chi connectivity index (χ1) is 14.3. The zero-order chi connectivity index (χ0) is 21.4. The first-order valence-corrected chi connectivity index (χ1v) is 10.2. The second-order valence-corrected chi connectivity index (χ2v) is 8.34. The van der Waals surface area contributed by atoms with Crippen molar-refractivity contribution in [3.05, 3.63) is 86.0 Å². The lowest BCUT2D eigenvalue weighted by atomic mass is 10.0. The van der Waals surface area contributed by atoms with E-state index in [9.17, 15) is 14.0 Å². The first kappa shape index (κ1) is 20.0. The molecule has 2 aromatic heterocycles. The predicted octanol–water partition coefficient (Wildman–Crippen LogP) is 5.07. The lowest BCUT2D eigenvalue weighted by Crippen LogP contribution is -2.14. The SMILES string of the molecule is Cc1ccc(-c2c(C)sc3nc(COC(=O)c4ccc(C)c(F)c4)[nH]c(=O)c23)cc1. The van der Waals surface area contributed by atoms with Gasteiger partial charge in [-0.1, -0.05) is 35.9 Å². The highest BCUT2D eigenvalue weighted by atomic mass is 32.1. The Kier molecular flexibility index (Phi) is 5.22. The third kappa shape index (κ3) is 3.76. The lowest BCUT2D eigenvalue weighted by Gasteiger charge is -2.06. The molecule has 0 bridgehead atoms. The third-order valence-corrected chi connectivity index (χ3v) is 5.87. The number of nitrogens with one attached hydrogen (secondary N) is 1. The topological polar surface area (TPSA) is 72.0 Å². The Morgan fingerprint density at radius 1 is 1.13 bits per heavy atom. The maximum absolute atomic E-state index is 13.7. The molecule has 2 heterocycles. The molecule has 0 aliphatic heterocycles. The Balaban J connectivity index is 1.62. The molecule has 0 aliphatic carbocycles. The normalized spacial score (nSPS) is 11.1. The van der Waals surface area contributed by atoms with E-state index >= 15 is 0 Å². The van der Waals surface area contributed by atoms with Gasteiger partial charge in [0.15, 0.2) is 0 Å². The Labute approximate surface area is 176 Å². The van der Waals surface area contributed by atoms with Crippen molar-refractivity contribution in [1.29, 1.82) is 0 Å². The van der Waals surface area contributed by atoms with Crippen molar-refractivity contribution in [3.8, 4) is 11.1 Å². The van der Waals surface area contributed by atoms with Crippen LogP contribution in [0.25, 0.3) is 21.3 Å². The van der Waals surface area contributed by atoms with E-state index in [4.69, 9.17) is 4.74 Å². The number of carbonyl (C=O) groups excluding carboxylic acids is 1. The summed E-state index contributed by atoms with van der Waals surface area (Å²) in [6, 6.07) is 12.1. The molecule has 0 saturated carbocycles. The second kappa shape index (κ2) is 7.84. The van der Waals surface area contributed by atoms with Crippen molar-refractivity contribution in [2.45, 2.75) is 27.4 Å². The molecule has 7 heteroatoms. The van der Waals surface area contributed by atoms with E-state index in [0.29, 0.717) is 15.8 Å². The summed E-state index contributed by atoms with van der Waals surface area (Å²) < 4.78 is 18.9. The fourth-order valence-electron chi connectivity index (χ4n) is 3.24. The number of fused-ring (bicyclic) bond motifs is 1. The number of aromatic nitrogens is 2. The summed E-state index contributed by atoms with van der Waals surface area (Å²) in [6.07, 6.45) is 0. The van der Waals surface area contributed by atoms with Crippen molar-refractivity contribution in [2.75, 3.05) is 0 Å². The molecular formula is C23H19FN2O3S. The van der Waals surface area contributed by atoms with E-state index in [1.807, 2.05) is 38.1 Å². The van der Waals surface area contributed by atoms with Crippen LogP contribution in [-0.4, -0.2) is 15.9 Å². The van der Waals surface area contributed by atoms with Crippen LogP contribution in [0.1, 0.15) is 32.2 Å². The number of rotatable bonds is 4. The smallest absolute Gasteiger partial charge is 0.338 e. The minimum absolute atomic E-state index is 0.107. The summed E-state index contributed by atoms with van der Waals surface area (Å²) in [5, 5.41) is 0.525. The third-order valence-electron chi connectivity index (χ3n) is 4.87. The molecule has 4 rings (SSSR count). The molecule has 2 aromatic carbocycles. The number of ether oxygens (including phenoxy) is 1. The van der Waals surface area contributed by atoms with Crippen LogP contribution in [0.15, 0.2) is 47.3 Å². The number of thiophene rings is 1. The quantitative estimate of drug-likeness (QED) is 0.466. The van der Waals surface area contributed by atoms with Gasteiger partial charge in [0.05, 0.1) is 10.9 Å². The lowest BCUT2D eigenvalue weighted by molar-refractivity contribution is 0.0462. The van der Waals surface area contributed by atoms with Gasteiger partial charge in [0.2, 0.25) is 0 Å². The molecule has 0 unspecified atom stereocenters. The van der Waals surface area contributed by atoms with Crippen LogP contribution in [0, 0.1) is 26.6 Å². The molecule has 1 N–H and O–H groups in total. The van der Waals surface area contributed by atoms with Gasteiger partial charge in [-0.05, 0) is 44.0 Å². The molecule has 30 heavy (non-hydrogen) atoms. The van der Waals surface area contributed by atoms with E-state index < -0.39 is 11.8 Å². The van der Waals surface area contributed by atoms with Crippen LogP contribution in [0.5, 0.6) is 0 Å². The minimum atomic E-state index is -0.681. The van der Waals surface area contributed by atoms with E-state index in [1.54, 1.807) is 6.92 Å². The number of hydrogen-bond donors (Lipinski definition) is 1. The van der Waals surface area contributed by atoms with Gasteiger partial charge in [-0.2, -0.15) is 0 Å². The molecule has 4 aromatic rings. The van der Waals surface area contributed by atoms with E-state index in [1.165, 1.54) is 23.5 Å². The fourth-order valence-corrected chi connectivity index (χ4v) is 4.30. The van der Waals surface area contributed by atoms with Crippen LogP contribution in [0.4, 0.5) is 4.39 Å². The predicted molar refractivity (Wildman–Crippen MR) is 115 cm³/mol. The Morgan fingerprint density at radius 3 is 2.57 bits per heavy atom. The van der Waals surface area contributed by atoms with Crippen LogP contribution in [-0.2, 0) is 11.3 Å². The highest BCUT2D eigenvalue weighted by Gasteiger charge is 2.17. The summed E-state index contributed by atoms with van der Waals surface area (Å²) >= 11 is 1.42. The Hall–Kier alpha value is -3.32. The van der Waals surface area contributed by atoms with Gasteiger partial charge in [0, 0.05) is 10.4 Å². The summed E-state index contributed by atoms with van der Waals surface area (Å²) in [4.78, 5) is 33.7. The number of aryl methyl sites for hydroxylation is 3. The number of halogens is 1. The average Bonchev–Trinajstić information content (AvgIpc) is 3.05. The molecule has 0 aliphatic rings. The average molecular weight is 422 g/mol. The van der Waals surface area contributed by atoms with Gasteiger partial charge in [-0.25, -0.2) is 14.2 Å². The standard InChI is InChI=1S/C23H19FN2O3S/c1-12-4-7-15(8-5-12)19-14(3)30-22-20(19)21(27)25-18(26-22)11-29-23(28)16-9-6-13(2)17(24)10-16/h4-10H,11H2,1-3H3,(H,25,26,27). The summed E-state index contributed by atoms with van der Waals surface area (Å²) in [5.41, 5.74) is 3.23. The van der Waals surface area contributed by atoms with Crippen molar-refractivity contribution >= 4 is 27.5 Å². The number of hydrogen-bond acceptors (Lipinski definition) is 5. The number of carbonyl (C=O) groups is 1. The summed E-state index contributed by atoms with van der Waals surface area (Å²) in [5.74, 6) is -0.917. The van der Waals surface area contributed by atoms with Crippen LogP contribution < -0.4 is 5.56 Å². The van der Waals surface area contributed by atoms with Gasteiger partial charge in [0.1, 0.15) is 23.1 Å². The maximum Gasteiger partial charge on any atom is 0.338 e. The second-order valence-electron chi connectivity index (χ2n) is 7.13. The summed E-state index contributed by atoms with van der Waals surface area (Å²) in [6.45, 7) is 5.36. The maximum atomic E-state index is 13.7. The molecule has 0 radical (unpaired) electrons. The molecule has 152 valence electrons. The fraction of sp³-hybridized carbons (Fsp3) is 0.174. The molecule has 0 fully saturated rings. The number of H-pyrrole nitrogens is 1. The number of aromatic amines is 1. The zero-order valence-corrected chi connectivity index (χ0v) is 17.5. The number of esters is 1. The molecule has 5 nitrogen and oxygen atoms in total. The molecule has 0 spiro atoms. The number of nitrogens with zero attached hydrogens (tertiary/aromatic N) is 1. The van der Waals surface area contributed by atoms with Gasteiger partial charge in [0.25, 0.3) is 5.56 Å².